The molecule has 1 aliphatic heterocycles. The lowest BCUT2D eigenvalue weighted by Gasteiger charge is -2.40. The van der Waals surface area contributed by atoms with Crippen molar-refractivity contribution in [3.8, 4) is 23.3 Å². The zero-order chi connectivity index (χ0) is 23.8. The number of nitriles is 1. The van der Waals surface area contributed by atoms with Crippen LogP contribution in [-0.2, 0) is 10.0 Å². The van der Waals surface area contributed by atoms with Gasteiger partial charge in [-0.3, -0.25) is 0 Å². The number of nitrogens with zero attached hydrogens (tertiary/aromatic N) is 3. The molecule has 174 valence electrons. The number of alkyl halides is 1. The van der Waals surface area contributed by atoms with E-state index in [1.807, 2.05) is 42.0 Å². The maximum absolute atomic E-state index is 11.6. The van der Waals surface area contributed by atoms with Gasteiger partial charge in [-0.25, -0.2) is 12.7 Å². The van der Waals surface area contributed by atoms with E-state index in [0.717, 1.165) is 16.6 Å². The minimum absolute atomic E-state index is 0.111. The van der Waals surface area contributed by atoms with Crippen LogP contribution in [0.5, 0.6) is 11.5 Å². The summed E-state index contributed by atoms with van der Waals surface area (Å²) in [6.07, 6.45) is 3.01. The van der Waals surface area contributed by atoms with E-state index in [1.54, 1.807) is 12.1 Å². The van der Waals surface area contributed by atoms with Gasteiger partial charge in [0.1, 0.15) is 24.5 Å². The number of fused-ring (bicyclic) bond motifs is 1. The third kappa shape index (κ3) is 4.92. The maximum Gasteiger partial charge on any atom is 0.211 e. The fourth-order valence-corrected chi connectivity index (χ4v) is 5.13. The van der Waals surface area contributed by atoms with Gasteiger partial charge in [0.15, 0.2) is 5.75 Å². The summed E-state index contributed by atoms with van der Waals surface area (Å²) in [5, 5.41) is 10.8. The third-order valence-electron chi connectivity index (χ3n) is 5.74. The van der Waals surface area contributed by atoms with Crippen LogP contribution in [0.1, 0.15) is 12.5 Å². The largest absolute Gasteiger partial charge is 0.490 e. The quantitative estimate of drug-likeness (QED) is 0.421. The van der Waals surface area contributed by atoms with Gasteiger partial charge in [-0.2, -0.15) is 5.26 Å². The summed E-state index contributed by atoms with van der Waals surface area (Å²) < 4.78 is 38.2. The number of ether oxygens (including phenoxy) is 2. The summed E-state index contributed by atoms with van der Waals surface area (Å²) in [7, 11) is -3.14. The van der Waals surface area contributed by atoms with E-state index in [9.17, 15) is 13.7 Å². The van der Waals surface area contributed by atoms with Crippen molar-refractivity contribution >= 4 is 44.1 Å². The SMILES string of the molecule is CC(Oc1ccc2c(ccn2-c2cc(Cl)c(OCCCl)c(C#N)c2)c1)C1CN(S(C)(=O)=O)C1. The Hall–Kier alpha value is -2.44. The van der Waals surface area contributed by atoms with Crippen molar-refractivity contribution < 1.29 is 17.9 Å². The lowest BCUT2D eigenvalue weighted by atomic mass is 9.97. The van der Waals surface area contributed by atoms with E-state index in [1.165, 1.54) is 10.6 Å². The summed E-state index contributed by atoms with van der Waals surface area (Å²) >= 11 is 12.1. The molecule has 0 N–H and O–H groups in total. The number of sulfonamides is 1. The molecular weight excluding hydrogens is 485 g/mol. The molecule has 3 aromatic rings. The van der Waals surface area contributed by atoms with Crippen molar-refractivity contribution in [2.75, 3.05) is 31.8 Å². The lowest BCUT2D eigenvalue weighted by molar-refractivity contribution is 0.0673. The molecule has 0 amide bonds. The van der Waals surface area contributed by atoms with E-state index < -0.39 is 10.0 Å². The summed E-state index contributed by atoms with van der Waals surface area (Å²) in [5.74, 6) is 1.50. The molecule has 1 atom stereocenters. The number of rotatable bonds is 8. The predicted octanol–water partition coefficient (Wildman–Crippen LogP) is 4.43. The van der Waals surface area contributed by atoms with Gasteiger partial charge in [-0.15, -0.1) is 11.6 Å². The molecule has 2 aromatic carbocycles. The van der Waals surface area contributed by atoms with Crippen LogP contribution in [0, 0.1) is 17.2 Å². The van der Waals surface area contributed by atoms with E-state index >= 15 is 0 Å². The molecule has 1 aliphatic rings. The number of benzene rings is 2. The lowest BCUT2D eigenvalue weighted by Crippen LogP contribution is -2.54. The number of hydrogen-bond donors (Lipinski definition) is 0. The second-order valence-electron chi connectivity index (χ2n) is 8.02. The van der Waals surface area contributed by atoms with Crippen LogP contribution in [0.2, 0.25) is 5.02 Å². The van der Waals surface area contributed by atoms with Crippen LogP contribution in [0.3, 0.4) is 0 Å². The van der Waals surface area contributed by atoms with Gasteiger partial charge >= 0.3 is 0 Å². The Labute approximate surface area is 203 Å². The van der Waals surface area contributed by atoms with E-state index in [2.05, 4.69) is 6.07 Å². The Morgan fingerprint density at radius 2 is 2.00 bits per heavy atom. The van der Waals surface area contributed by atoms with Crippen molar-refractivity contribution in [2.24, 2.45) is 5.92 Å². The summed E-state index contributed by atoms with van der Waals surface area (Å²) in [5.41, 5.74) is 2.00. The zero-order valence-electron chi connectivity index (χ0n) is 18.2. The van der Waals surface area contributed by atoms with Gasteiger partial charge in [-0.1, -0.05) is 11.6 Å². The topological polar surface area (TPSA) is 84.6 Å². The molecule has 0 saturated carbocycles. The molecule has 1 saturated heterocycles. The van der Waals surface area contributed by atoms with Crippen molar-refractivity contribution in [1.82, 2.24) is 8.87 Å². The molecule has 0 bridgehead atoms. The van der Waals surface area contributed by atoms with E-state index in [0.29, 0.717) is 41.1 Å². The second-order valence-corrected chi connectivity index (χ2v) is 10.8. The van der Waals surface area contributed by atoms with Gasteiger partial charge in [0.25, 0.3) is 0 Å². The fourth-order valence-electron chi connectivity index (χ4n) is 3.86. The van der Waals surface area contributed by atoms with Crippen LogP contribution in [0.15, 0.2) is 42.6 Å². The van der Waals surface area contributed by atoms with Gasteiger partial charge in [-0.05, 0) is 43.3 Å². The van der Waals surface area contributed by atoms with E-state index in [4.69, 9.17) is 32.7 Å². The number of halogens is 2. The molecule has 0 radical (unpaired) electrons. The molecule has 1 fully saturated rings. The molecule has 7 nitrogen and oxygen atoms in total. The highest BCUT2D eigenvalue weighted by molar-refractivity contribution is 7.88. The molecule has 1 unspecified atom stereocenters. The molecule has 0 aliphatic carbocycles. The Kier molecular flexibility index (Phi) is 6.78. The molecule has 0 spiro atoms. The second kappa shape index (κ2) is 9.43. The summed E-state index contributed by atoms with van der Waals surface area (Å²) in [6.45, 7) is 3.17. The van der Waals surface area contributed by atoms with Gasteiger partial charge in [0, 0.05) is 36.3 Å². The first-order valence-electron chi connectivity index (χ1n) is 10.4. The number of hydrogen-bond acceptors (Lipinski definition) is 5. The minimum atomic E-state index is -3.14. The molecule has 1 aromatic heterocycles. The summed E-state index contributed by atoms with van der Waals surface area (Å²) in [4.78, 5) is 0. The molecular formula is C23H23Cl2N3O4S. The zero-order valence-corrected chi connectivity index (χ0v) is 20.5. The van der Waals surface area contributed by atoms with Crippen molar-refractivity contribution in [3.63, 3.8) is 0 Å². The Morgan fingerprint density at radius 1 is 1.24 bits per heavy atom. The first-order valence-corrected chi connectivity index (χ1v) is 13.1. The van der Waals surface area contributed by atoms with Gasteiger partial charge in [0.05, 0.1) is 28.2 Å². The van der Waals surface area contributed by atoms with Gasteiger partial charge in [0.2, 0.25) is 10.0 Å². The smallest absolute Gasteiger partial charge is 0.211 e. The average molecular weight is 508 g/mol. The maximum atomic E-state index is 11.6. The van der Waals surface area contributed by atoms with Crippen LogP contribution in [0.4, 0.5) is 0 Å². The highest BCUT2D eigenvalue weighted by Crippen LogP contribution is 2.34. The van der Waals surface area contributed by atoms with E-state index in [-0.39, 0.29) is 18.6 Å². The monoisotopic (exact) mass is 507 g/mol. The van der Waals surface area contributed by atoms with Crippen LogP contribution in [0.25, 0.3) is 16.6 Å². The van der Waals surface area contributed by atoms with Crippen molar-refractivity contribution in [2.45, 2.75) is 13.0 Å². The highest BCUT2D eigenvalue weighted by Gasteiger charge is 2.37. The first-order chi connectivity index (χ1) is 15.7. The minimum Gasteiger partial charge on any atom is -0.490 e. The molecule has 4 rings (SSSR count). The third-order valence-corrected chi connectivity index (χ3v) is 7.41. The van der Waals surface area contributed by atoms with Crippen molar-refractivity contribution in [1.29, 1.82) is 5.26 Å². The Balaban J connectivity index is 1.54. The highest BCUT2D eigenvalue weighted by atomic mass is 35.5. The van der Waals surface area contributed by atoms with Crippen molar-refractivity contribution in [3.05, 3.63) is 53.2 Å². The predicted molar refractivity (Wildman–Crippen MR) is 129 cm³/mol. The fraction of sp³-hybridized carbons (Fsp3) is 0.348. The van der Waals surface area contributed by atoms with Crippen LogP contribution < -0.4 is 9.47 Å². The van der Waals surface area contributed by atoms with Crippen LogP contribution >= 0.6 is 23.2 Å². The molecule has 33 heavy (non-hydrogen) atoms. The normalized spacial score (nSPS) is 15.7. The van der Waals surface area contributed by atoms with Gasteiger partial charge < -0.3 is 14.0 Å². The summed E-state index contributed by atoms with van der Waals surface area (Å²) in [6, 6.07) is 13.3. The molecule has 10 heteroatoms. The average Bonchev–Trinajstić information content (AvgIpc) is 3.13. The van der Waals surface area contributed by atoms with Crippen LogP contribution in [-0.4, -0.2) is 55.2 Å². The first kappa shape index (κ1) is 23.7. The molecule has 2 heterocycles. The Morgan fingerprint density at radius 3 is 2.67 bits per heavy atom. The Bertz CT molecular complexity index is 1330. The number of aromatic nitrogens is 1. The standard InChI is InChI=1S/C23H23Cl2N3O4S/c1-15(18-13-27(14-18)33(2,29)30)32-20-3-4-22-16(10-20)5-7-28(22)19-9-17(12-26)23(21(25)11-19)31-8-6-24/h3-5,7,9-11,15,18H,6,8,13-14H2,1-2H3.